The minimum Gasteiger partial charge on any atom is -0.483 e. The fraction of sp³-hybridized carbons (Fsp3) is 0.589. The summed E-state index contributed by atoms with van der Waals surface area (Å²) in [5.41, 5.74) is 1.41. The van der Waals surface area contributed by atoms with Crippen molar-refractivity contribution in [2.45, 2.75) is 228 Å². The molecule has 7 heterocycles. The summed E-state index contributed by atoms with van der Waals surface area (Å²) in [6.45, 7) is 19.1. The van der Waals surface area contributed by atoms with Crippen molar-refractivity contribution in [1.29, 1.82) is 0 Å². The molecule has 2 aromatic carbocycles. The summed E-state index contributed by atoms with van der Waals surface area (Å²) in [6, 6.07) is 14.4. The summed E-state index contributed by atoms with van der Waals surface area (Å²) in [5, 5.41) is 5.00. The van der Waals surface area contributed by atoms with E-state index in [4.69, 9.17) is 19.4 Å². The number of nitrogens with zero attached hydrogens (tertiary/aromatic N) is 4. The van der Waals surface area contributed by atoms with Crippen molar-refractivity contribution in [2.24, 2.45) is 29.1 Å². The molecule has 6 fully saturated rings. The number of rotatable bonds is 16. The first-order valence-corrected chi connectivity index (χ1v) is 37.3. The summed E-state index contributed by atoms with van der Waals surface area (Å²) in [5.74, 6) is -2.00. The smallest absolute Gasteiger partial charge is 0.259 e. The van der Waals surface area contributed by atoms with Gasteiger partial charge in [-0.3, -0.25) is 38.2 Å². The topological polar surface area (TPSA) is 258 Å². The molecular weight excluding hydrogens is 1230 g/mol. The Morgan fingerprint density at radius 2 is 1.32 bits per heavy atom. The van der Waals surface area contributed by atoms with Crippen molar-refractivity contribution in [3.63, 3.8) is 0 Å². The maximum atomic E-state index is 14.4. The van der Waals surface area contributed by atoms with Crippen molar-refractivity contribution in [1.82, 2.24) is 34.5 Å². The number of aryl methyl sites for hydroxylation is 4. The van der Waals surface area contributed by atoms with Gasteiger partial charge in [0.05, 0.1) is 56.5 Å². The molecule has 3 N–H and O–H groups in total. The Morgan fingerprint density at radius 3 is 1.89 bits per heavy atom. The molecule has 10 atom stereocenters. The summed E-state index contributed by atoms with van der Waals surface area (Å²) >= 11 is 0. The maximum Gasteiger partial charge on any atom is 0.259 e. The number of benzene rings is 2. The molecule has 2 saturated heterocycles. The number of ether oxygens (including phenoxy) is 2. The number of pyridine rings is 2. The largest absolute Gasteiger partial charge is 0.483 e. The lowest BCUT2D eigenvalue weighted by atomic mass is 9.85. The van der Waals surface area contributed by atoms with Crippen LogP contribution in [-0.2, 0) is 61.7 Å². The number of nitrogens with one attached hydrogen (secondary N) is 3. The molecule has 19 nitrogen and oxygen atoms in total. The van der Waals surface area contributed by atoms with E-state index >= 15 is 0 Å². The number of allylic oxidation sites excluding steroid dienone is 3. The van der Waals surface area contributed by atoms with E-state index in [0.717, 1.165) is 114 Å². The van der Waals surface area contributed by atoms with Gasteiger partial charge in [-0.1, -0.05) is 100 Å². The highest BCUT2D eigenvalue weighted by Gasteiger charge is 2.66. The van der Waals surface area contributed by atoms with Gasteiger partial charge >= 0.3 is 0 Å². The van der Waals surface area contributed by atoms with E-state index in [1.165, 1.54) is 0 Å². The predicted octanol–water partition coefficient (Wildman–Crippen LogP) is 10.4. The van der Waals surface area contributed by atoms with Gasteiger partial charge in [-0.25, -0.2) is 26.8 Å². The molecule has 0 radical (unpaired) electrons. The normalized spacial score (nSPS) is 30.3. The fourth-order valence-corrected chi connectivity index (χ4v) is 18.2. The van der Waals surface area contributed by atoms with E-state index in [2.05, 4.69) is 40.1 Å². The number of sulfonamides is 2. The zero-order valence-electron chi connectivity index (χ0n) is 55.5. The molecule has 4 aromatic rings. The number of aromatic nitrogens is 2. The van der Waals surface area contributed by atoms with Crippen LogP contribution in [0.3, 0.4) is 0 Å². The first-order valence-electron chi connectivity index (χ1n) is 34.3. The molecular formula is C73H93N7O12S2. The third-order valence-corrected chi connectivity index (χ3v) is 27.0. The number of likely N-dealkylation sites (tertiary alicyclic amines) is 1. The quantitative estimate of drug-likeness (QED) is 0.0697. The third-order valence-electron chi connectivity index (χ3n) is 22.6. The van der Waals surface area contributed by atoms with Crippen molar-refractivity contribution >= 4 is 77.2 Å². The van der Waals surface area contributed by atoms with Crippen LogP contribution in [0.25, 0.3) is 21.8 Å². The highest BCUT2D eigenvalue weighted by atomic mass is 32.2. The third kappa shape index (κ3) is 12.6. The van der Waals surface area contributed by atoms with Crippen LogP contribution in [0.1, 0.15) is 185 Å². The molecule has 2 aromatic heterocycles. The standard InChI is InChI=1S/C37H48N4O6S.C36H45N3O6S/c1-6-8-9-10-11-14-24(3)33(43)41-23-36(18-17-28-27-15-12-13-16-29(27)38-25(4)31(28)47-36)22-30(41)32(42)39-37(21-26(37)7-2)34(44)40-48(45,46)35(5)19-20-35;1-23-11-7-5-4-6-8-12-25-19-36(25,33(42)38-46(43,44)34(3)17-18-34)21-30(40)29-20-35(22-39(29)32(23)41)16-15-27-26-13-9-10-14-28(26)37-24(2)31(27)45-35/h6-7,12-13,15-16,24,26,30H,1-2,8-11,14,17-23H2,3-5H3,(H,39,42)(H,40,44);8-10,12-14,23,25,29H,4-7,11,15-22H2,1-3H3,(H,38,42)/b;12-8-/t24-,26+,30-,36+,37+;23-,25+,29-,35+,36+/m00/s1. The average molecular weight is 1320 g/mol. The number of Topliss-reactive ketones (excluding diaryl/α,β-unsaturated/α-hetero) is 1. The lowest BCUT2D eigenvalue weighted by Gasteiger charge is -2.36. The number of carbonyl (C=O) groups is 6. The molecule has 5 aliphatic heterocycles. The fourth-order valence-electron chi connectivity index (χ4n) is 15.5. The van der Waals surface area contributed by atoms with Gasteiger partial charge in [-0.05, 0) is 148 Å². The highest BCUT2D eigenvalue weighted by molar-refractivity contribution is 7.92. The number of fused-ring (bicyclic) bond motifs is 8. The van der Waals surface area contributed by atoms with Gasteiger partial charge < -0.3 is 24.6 Å². The first-order chi connectivity index (χ1) is 44.7. The Bertz CT molecular complexity index is 4030. The SMILES string of the molecule is C=CCCCCC[C@H](C)C(=O)N1C[C@@]2(CCc3c(c(C)nc4ccccc34)O2)C[C@H]1C(=O)N[C@]1(C(=O)NS(=O)(=O)C2(C)CC2)C[C@H]1C=C.Cc1nc2ccccc2c2c1O[C@]1(CC2)C[C@H]2C(=O)C[C@]3(C(=O)NS(=O)(=O)C4(C)CC4)C[C@H]3/C=C\CCCCC[C@H](C)C(=O)N2C1. The lowest BCUT2D eigenvalue weighted by Crippen LogP contribution is -2.57. The molecule has 504 valence electrons. The number of unbranched alkanes of at least 4 members (excludes halogenated alkanes) is 3. The molecule has 21 heteroatoms. The van der Waals surface area contributed by atoms with Crippen LogP contribution in [0.15, 0.2) is 86.0 Å². The zero-order valence-corrected chi connectivity index (χ0v) is 57.1. The van der Waals surface area contributed by atoms with E-state index in [9.17, 15) is 45.6 Å². The van der Waals surface area contributed by atoms with E-state index in [0.29, 0.717) is 76.5 Å². The summed E-state index contributed by atoms with van der Waals surface area (Å²) in [7, 11) is -7.78. The van der Waals surface area contributed by atoms with E-state index < -0.39 is 87.4 Å². The Kier molecular flexibility index (Phi) is 18.0. The van der Waals surface area contributed by atoms with Crippen molar-refractivity contribution in [2.75, 3.05) is 13.1 Å². The van der Waals surface area contributed by atoms with E-state index in [-0.39, 0.29) is 61.2 Å². The second-order valence-electron chi connectivity index (χ2n) is 29.7. The molecule has 5 amide bonds. The van der Waals surface area contributed by atoms with Gasteiger partial charge in [0.2, 0.25) is 43.7 Å². The molecule has 2 spiro atoms. The van der Waals surface area contributed by atoms with Gasteiger partial charge in [-0.2, -0.15) is 0 Å². The lowest BCUT2D eigenvalue weighted by molar-refractivity contribution is -0.142. The molecule has 0 unspecified atom stereocenters. The summed E-state index contributed by atoms with van der Waals surface area (Å²) in [4.78, 5) is 97.2. The molecule has 94 heavy (non-hydrogen) atoms. The van der Waals surface area contributed by atoms with E-state index in [1.54, 1.807) is 29.7 Å². The van der Waals surface area contributed by atoms with Gasteiger partial charge in [0.1, 0.15) is 34.3 Å². The van der Waals surface area contributed by atoms with Crippen molar-refractivity contribution in [3.8, 4) is 11.5 Å². The Balaban J connectivity index is 0.000000181. The second-order valence-corrected chi connectivity index (χ2v) is 34.1. The highest BCUT2D eigenvalue weighted by Crippen LogP contribution is 2.58. The van der Waals surface area contributed by atoms with Crippen LogP contribution < -0.4 is 24.2 Å². The van der Waals surface area contributed by atoms with Crippen LogP contribution in [-0.4, -0.2) is 123 Å². The summed E-state index contributed by atoms with van der Waals surface area (Å²) in [6.07, 6.45) is 22.3. The summed E-state index contributed by atoms with van der Waals surface area (Å²) < 4.78 is 68.4. The number of para-hydroxylation sites is 2. The number of hydrogen-bond acceptors (Lipinski definition) is 14. The van der Waals surface area contributed by atoms with Crippen molar-refractivity contribution < 1.29 is 55.1 Å². The van der Waals surface area contributed by atoms with Crippen LogP contribution >= 0.6 is 0 Å². The molecule has 13 rings (SSSR count). The van der Waals surface area contributed by atoms with E-state index in [1.807, 2.05) is 82.3 Å². The van der Waals surface area contributed by atoms with Crippen LogP contribution in [0.2, 0.25) is 0 Å². The number of carbonyl (C=O) groups excluding carboxylic acids is 6. The van der Waals surface area contributed by atoms with Crippen molar-refractivity contribution in [3.05, 3.63) is 109 Å². The maximum absolute atomic E-state index is 14.4. The van der Waals surface area contributed by atoms with Gasteiger partial charge in [0.25, 0.3) is 5.91 Å². The van der Waals surface area contributed by atoms with Gasteiger partial charge in [0, 0.05) is 58.9 Å². The molecule has 9 aliphatic rings. The monoisotopic (exact) mass is 1320 g/mol. The Hall–Kier alpha value is -7.00. The molecule has 4 saturated carbocycles. The second kappa shape index (κ2) is 25.2. The predicted molar refractivity (Wildman–Crippen MR) is 359 cm³/mol. The Morgan fingerprint density at radius 1 is 0.734 bits per heavy atom. The molecule has 4 aliphatic carbocycles. The zero-order chi connectivity index (χ0) is 67.0. The van der Waals surface area contributed by atoms with Gasteiger partial charge in [0.15, 0.2) is 5.78 Å². The minimum atomic E-state index is -3.92. The Labute approximate surface area is 553 Å². The van der Waals surface area contributed by atoms with Crippen LogP contribution in [0.5, 0.6) is 11.5 Å². The van der Waals surface area contributed by atoms with Crippen LogP contribution in [0.4, 0.5) is 0 Å². The number of amides is 5. The minimum absolute atomic E-state index is 0.0546. The van der Waals surface area contributed by atoms with Gasteiger partial charge in [-0.15, -0.1) is 13.2 Å². The average Bonchev–Trinajstić information content (AvgIpc) is 1.65. The number of ketones is 1. The number of hydrogen-bond donors (Lipinski definition) is 3. The first kappa shape index (κ1) is 67.0. The van der Waals surface area contributed by atoms with Crippen LogP contribution in [0, 0.1) is 42.9 Å². The molecule has 0 bridgehead atoms.